The van der Waals surface area contributed by atoms with E-state index in [2.05, 4.69) is 0 Å². The Morgan fingerprint density at radius 1 is 1.35 bits per heavy atom. The van der Waals surface area contributed by atoms with Gasteiger partial charge in [-0.1, -0.05) is 0 Å². The van der Waals surface area contributed by atoms with E-state index in [0.29, 0.717) is 12.1 Å². The first kappa shape index (κ1) is 14.7. The Bertz CT molecular complexity index is 663. The van der Waals surface area contributed by atoms with Gasteiger partial charge in [0.2, 0.25) is 15.9 Å². The summed E-state index contributed by atoms with van der Waals surface area (Å²) in [5, 5.41) is 14.5. The van der Waals surface area contributed by atoms with Gasteiger partial charge in [0.1, 0.15) is 5.75 Å². The second kappa shape index (κ2) is 4.98. The Morgan fingerprint density at radius 3 is 2.55 bits per heavy atom. The van der Waals surface area contributed by atoms with Gasteiger partial charge in [-0.3, -0.25) is 4.79 Å². The lowest BCUT2D eigenvalue weighted by atomic mass is 10.1. The number of primary sulfonamides is 1. The fraction of sp³-hybridized carbons (Fsp3) is 0.364. The Balaban J connectivity index is 2.26. The highest BCUT2D eigenvalue weighted by Gasteiger charge is 2.34. The highest BCUT2D eigenvalue weighted by atomic mass is 32.2. The van der Waals surface area contributed by atoms with E-state index in [1.165, 1.54) is 0 Å². The maximum Gasteiger partial charge on any atom is 0.227 e. The molecule has 0 spiro atoms. The molecular weight excluding hydrogens is 294 g/mol. The minimum atomic E-state index is -3.74. The molecule has 1 aromatic rings. The molecule has 1 aliphatic rings. The van der Waals surface area contributed by atoms with Gasteiger partial charge in [0.15, 0.2) is 11.6 Å². The number of aromatic hydroxyl groups is 1. The number of phenols is 1. The first-order valence-corrected chi connectivity index (χ1v) is 7.38. The maximum atomic E-state index is 13.2. The number of rotatable bonds is 3. The van der Waals surface area contributed by atoms with Crippen LogP contribution in [0.3, 0.4) is 0 Å². The van der Waals surface area contributed by atoms with Gasteiger partial charge in [-0.25, -0.2) is 22.3 Å². The molecule has 1 amide bonds. The Morgan fingerprint density at radius 2 is 1.95 bits per heavy atom. The Hall–Kier alpha value is -1.74. The standard InChI is InChI=1S/C11H12F2N2O4S/c12-7-2-9(10(16)3-8(7)13)15-4-6(1-11(15)17)5-20(14,18)19/h2-3,6,16H,1,4-5H2,(H2,14,18,19). The third-order valence-electron chi connectivity index (χ3n) is 2.98. The summed E-state index contributed by atoms with van der Waals surface area (Å²) in [6.07, 6.45) is -0.0884. The van der Waals surface area contributed by atoms with Gasteiger partial charge in [0, 0.05) is 31.0 Å². The van der Waals surface area contributed by atoms with Gasteiger partial charge in [0.25, 0.3) is 0 Å². The largest absolute Gasteiger partial charge is 0.506 e. The average molecular weight is 306 g/mol. The summed E-state index contributed by atoms with van der Waals surface area (Å²) in [6.45, 7) is -0.0338. The number of halogens is 2. The van der Waals surface area contributed by atoms with Crippen LogP contribution >= 0.6 is 0 Å². The monoisotopic (exact) mass is 306 g/mol. The molecule has 1 heterocycles. The van der Waals surface area contributed by atoms with E-state index in [1.54, 1.807) is 0 Å². The molecular formula is C11H12F2N2O4S. The number of phenolic OH excluding ortho intramolecular Hbond substituents is 1. The molecule has 0 bridgehead atoms. The second-order valence-corrected chi connectivity index (χ2v) is 6.32. The molecule has 20 heavy (non-hydrogen) atoms. The Labute approximate surface area is 113 Å². The zero-order chi connectivity index (χ0) is 15.1. The summed E-state index contributed by atoms with van der Waals surface area (Å²) >= 11 is 0. The van der Waals surface area contributed by atoms with Gasteiger partial charge in [-0.15, -0.1) is 0 Å². The number of benzene rings is 1. The van der Waals surface area contributed by atoms with Crippen LogP contribution in [0.1, 0.15) is 6.42 Å². The van der Waals surface area contributed by atoms with Crippen molar-refractivity contribution in [3.05, 3.63) is 23.8 Å². The lowest BCUT2D eigenvalue weighted by molar-refractivity contribution is -0.117. The van der Waals surface area contributed by atoms with Crippen LogP contribution in [-0.2, 0) is 14.8 Å². The molecule has 1 aromatic carbocycles. The molecule has 2 rings (SSSR count). The van der Waals surface area contributed by atoms with Crippen molar-refractivity contribution in [3.63, 3.8) is 0 Å². The summed E-state index contributed by atoms with van der Waals surface area (Å²) in [6, 6.07) is 1.26. The minimum Gasteiger partial charge on any atom is -0.506 e. The van der Waals surface area contributed by atoms with Crippen molar-refractivity contribution in [2.45, 2.75) is 6.42 Å². The summed E-state index contributed by atoms with van der Waals surface area (Å²) < 4.78 is 48.1. The van der Waals surface area contributed by atoms with Crippen LogP contribution in [0.5, 0.6) is 5.75 Å². The number of sulfonamides is 1. The van der Waals surface area contributed by atoms with Crippen LogP contribution in [0, 0.1) is 17.6 Å². The number of carbonyl (C=O) groups is 1. The van der Waals surface area contributed by atoms with Crippen molar-refractivity contribution < 1.29 is 27.1 Å². The number of amides is 1. The molecule has 0 radical (unpaired) electrons. The van der Waals surface area contributed by atoms with E-state index < -0.39 is 39.2 Å². The lowest BCUT2D eigenvalue weighted by Gasteiger charge is -2.18. The zero-order valence-electron chi connectivity index (χ0n) is 10.2. The molecule has 3 N–H and O–H groups in total. The van der Waals surface area contributed by atoms with Crippen molar-refractivity contribution in [1.82, 2.24) is 0 Å². The smallest absolute Gasteiger partial charge is 0.227 e. The minimum absolute atomic E-state index is 0.0338. The van der Waals surface area contributed by atoms with Gasteiger partial charge in [-0.05, 0) is 0 Å². The van der Waals surface area contributed by atoms with Crippen LogP contribution in [-0.4, -0.2) is 31.7 Å². The SMILES string of the molecule is NS(=O)(=O)CC1CC(=O)N(c2cc(F)c(F)cc2O)C1. The Kier molecular flexibility index (Phi) is 3.65. The molecule has 1 fully saturated rings. The average Bonchev–Trinajstić information content (AvgIpc) is 2.62. The van der Waals surface area contributed by atoms with Crippen LogP contribution in [0.25, 0.3) is 0 Å². The number of hydrogen-bond donors (Lipinski definition) is 2. The highest BCUT2D eigenvalue weighted by molar-refractivity contribution is 7.89. The van der Waals surface area contributed by atoms with Crippen LogP contribution < -0.4 is 10.0 Å². The molecule has 9 heteroatoms. The molecule has 1 saturated heterocycles. The first-order valence-electron chi connectivity index (χ1n) is 5.66. The quantitative estimate of drug-likeness (QED) is 0.839. The predicted octanol–water partition coefficient (Wildman–Crippen LogP) is 0.312. The molecule has 1 atom stereocenters. The lowest BCUT2D eigenvalue weighted by Crippen LogP contribution is -2.27. The van der Waals surface area contributed by atoms with Crippen molar-refractivity contribution in [2.75, 3.05) is 17.2 Å². The summed E-state index contributed by atoms with van der Waals surface area (Å²) in [5.74, 6) is -4.46. The van der Waals surface area contributed by atoms with Crippen molar-refractivity contribution in [2.24, 2.45) is 11.1 Å². The molecule has 0 saturated carbocycles. The fourth-order valence-electron chi connectivity index (χ4n) is 2.20. The summed E-state index contributed by atoms with van der Waals surface area (Å²) in [4.78, 5) is 12.8. The van der Waals surface area contributed by atoms with E-state index in [9.17, 15) is 27.1 Å². The molecule has 6 nitrogen and oxygen atoms in total. The van der Waals surface area contributed by atoms with Gasteiger partial charge >= 0.3 is 0 Å². The number of hydrogen-bond acceptors (Lipinski definition) is 4. The van der Waals surface area contributed by atoms with E-state index in [-0.39, 0.29) is 24.4 Å². The van der Waals surface area contributed by atoms with E-state index in [4.69, 9.17) is 5.14 Å². The number of carbonyl (C=O) groups excluding carboxylic acids is 1. The number of anilines is 1. The molecule has 1 aliphatic heterocycles. The van der Waals surface area contributed by atoms with Crippen LogP contribution in [0.15, 0.2) is 12.1 Å². The van der Waals surface area contributed by atoms with E-state index >= 15 is 0 Å². The topological polar surface area (TPSA) is 101 Å². The van der Waals surface area contributed by atoms with E-state index in [0.717, 1.165) is 4.90 Å². The maximum absolute atomic E-state index is 13.2. The van der Waals surface area contributed by atoms with Crippen LogP contribution in [0.2, 0.25) is 0 Å². The van der Waals surface area contributed by atoms with Crippen molar-refractivity contribution in [1.29, 1.82) is 0 Å². The summed E-state index contributed by atoms with van der Waals surface area (Å²) in [5.41, 5.74) is -0.189. The summed E-state index contributed by atoms with van der Waals surface area (Å²) in [7, 11) is -3.74. The normalized spacial score (nSPS) is 19.6. The van der Waals surface area contributed by atoms with Gasteiger partial charge < -0.3 is 10.0 Å². The zero-order valence-corrected chi connectivity index (χ0v) is 11.0. The highest BCUT2D eigenvalue weighted by Crippen LogP contribution is 2.34. The first-order chi connectivity index (χ1) is 9.17. The molecule has 0 aromatic heterocycles. The van der Waals surface area contributed by atoms with Crippen LogP contribution in [0.4, 0.5) is 14.5 Å². The number of nitrogens with zero attached hydrogens (tertiary/aromatic N) is 1. The van der Waals surface area contributed by atoms with Crippen molar-refractivity contribution in [3.8, 4) is 5.75 Å². The van der Waals surface area contributed by atoms with Gasteiger partial charge in [0.05, 0.1) is 11.4 Å². The number of nitrogens with two attached hydrogens (primary N) is 1. The van der Waals surface area contributed by atoms with Crippen molar-refractivity contribution >= 4 is 21.6 Å². The van der Waals surface area contributed by atoms with E-state index in [1.807, 2.05) is 0 Å². The van der Waals surface area contributed by atoms with Gasteiger partial charge in [-0.2, -0.15) is 0 Å². The molecule has 1 unspecified atom stereocenters. The third kappa shape index (κ3) is 3.05. The molecule has 110 valence electrons. The second-order valence-electron chi connectivity index (χ2n) is 4.66. The predicted molar refractivity (Wildman–Crippen MR) is 66.5 cm³/mol. The fourth-order valence-corrected chi connectivity index (χ4v) is 3.08. The molecule has 0 aliphatic carbocycles. The third-order valence-corrected chi connectivity index (χ3v) is 3.92.